The summed E-state index contributed by atoms with van der Waals surface area (Å²) in [6.07, 6.45) is 0. The van der Waals surface area contributed by atoms with E-state index in [0.29, 0.717) is 37.6 Å². The van der Waals surface area contributed by atoms with Crippen molar-refractivity contribution in [1.82, 2.24) is 14.5 Å². The molecule has 7 heteroatoms. The molecular weight excluding hydrogens is 290 g/mol. The van der Waals surface area contributed by atoms with Crippen LogP contribution in [-0.4, -0.2) is 56.4 Å². The van der Waals surface area contributed by atoms with Gasteiger partial charge in [-0.2, -0.15) is 4.31 Å². The molecule has 0 aliphatic carbocycles. The van der Waals surface area contributed by atoms with Gasteiger partial charge >= 0.3 is 6.03 Å². The van der Waals surface area contributed by atoms with Crippen LogP contribution in [0.25, 0.3) is 0 Å². The van der Waals surface area contributed by atoms with Gasteiger partial charge in [-0.05, 0) is 26.0 Å². The number of hydrogen-bond donors (Lipinski definition) is 1. The van der Waals surface area contributed by atoms with Crippen LogP contribution in [0.15, 0.2) is 29.2 Å². The Morgan fingerprint density at radius 3 is 2.24 bits per heavy atom. The number of rotatable bonds is 3. The largest absolute Gasteiger partial charge is 0.338 e. The first-order chi connectivity index (χ1) is 9.95. The van der Waals surface area contributed by atoms with Crippen molar-refractivity contribution in [3.63, 3.8) is 0 Å². The van der Waals surface area contributed by atoms with Crippen molar-refractivity contribution in [3.05, 3.63) is 29.8 Å². The summed E-state index contributed by atoms with van der Waals surface area (Å²) in [6.45, 7) is 5.83. The van der Waals surface area contributed by atoms with Crippen molar-refractivity contribution in [2.45, 2.75) is 18.7 Å². The Morgan fingerprint density at radius 1 is 1.14 bits per heavy atom. The summed E-state index contributed by atoms with van der Waals surface area (Å²) >= 11 is 0. The number of nitrogens with zero attached hydrogens (tertiary/aromatic N) is 2. The molecule has 2 rings (SSSR count). The fourth-order valence-corrected chi connectivity index (χ4v) is 3.68. The lowest BCUT2D eigenvalue weighted by atomic mass is 10.2. The molecule has 6 nitrogen and oxygen atoms in total. The molecule has 1 N–H and O–H groups in total. The summed E-state index contributed by atoms with van der Waals surface area (Å²) in [4.78, 5) is 13.7. The molecule has 21 heavy (non-hydrogen) atoms. The van der Waals surface area contributed by atoms with Crippen LogP contribution in [0.2, 0.25) is 0 Å². The minimum absolute atomic E-state index is 0.134. The van der Waals surface area contributed by atoms with Gasteiger partial charge in [-0.3, -0.25) is 0 Å². The number of piperazine rings is 1. The van der Waals surface area contributed by atoms with Crippen molar-refractivity contribution in [2.75, 3.05) is 32.7 Å². The van der Waals surface area contributed by atoms with Crippen molar-refractivity contribution < 1.29 is 13.2 Å². The van der Waals surface area contributed by atoms with E-state index in [1.54, 1.807) is 29.2 Å². The zero-order chi connectivity index (χ0) is 15.5. The van der Waals surface area contributed by atoms with Crippen LogP contribution in [0.4, 0.5) is 4.79 Å². The van der Waals surface area contributed by atoms with E-state index >= 15 is 0 Å². The standard InChI is InChI=1S/C14H21N3O3S/c1-3-15-14(18)16-8-10-17(11-9-16)21(19,20)13-6-4-12(2)5-7-13/h4-7H,3,8-11H2,1-2H3,(H,15,18). The third-order valence-corrected chi connectivity index (χ3v) is 5.43. The second-order valence-electron chi connectivity index (χ2n) is 5.04. The van der Waals surface area contributed by atoms with Gasteiger partial charge in [-0.1, -0.05) is 17.7 Å². The van der Waals surface area contributed by atoms with E-state index in [1.807, 2.05) is 13.8 Å². The van der Waals surface area contributed by atoms with Crippen molar-refractivity contribution in [2.24, 2.45) is 0 Å². The summed E-state index contributed by atoms with van der Waals surface area (Å²) in [5.74, 6) is 0. The number of aryl methyl sites for hydroxylation is 1. The first-order valence-electron chi connectivity index (χ1n) is 7.04. The van der Waals surface area contributed by atoms with E-state index in [9.17, 15) is 13.2 Å². The number of amides is 2. The van der Waals surface area contributed by atoms with Crippen molar-refractivity contribution in [1.29, 1.82) is 0 Å². The molecule has 0 unspecified atom stereocenters. The Morgan fingerprint density at radius 2 is 1.71 bits per heavy atom. The first kappa shape index (κ1) is 15.8. The highest BCUT2D eigenvalue weighted by atomic mass is 32.2. The Hall–Kier alpha value is -1.60. The lowest BCUT2D eigenvalue weighted by Gasteiger charge is -2.33. The van der Waals surface area contributed by atoms with Gasteiger partial charge in [-0.25, -0.2) is 13.2 Å². The Bertz CT molecular complexity index is 590. The molecule has 1 heterocycles. The van der Waals surface area contributed by atoms with Crippen molar-refractivity contribution >= 4 is 16.1 Å². The second-order valence-corrected chi connectivity index (χ2v) is 6.98. The normalized spacial score (nSPS) is 16.8. The smallest absolute Gasteiger partial charge is 0.317 e. The maximum absolute atomic E-state index is 12.5. The van der Waals surface area contributed by atoms with Gasteiger partial charge in [0, 0.05) is 32.7 Å². The maximum atomic E-state index is 12.5. The van der Waals surface area contributed by atoms with Gasteiger partial charge in [0.05, 0.1) is 4.90 Å². The molecule has 116 valence electrons. The number of urea groups is 1. The van der Waals surface area contributed by atoms with E-state index in [0.717, 1.165) is 5.56 Å². The lowest BCUT2D eigenvalue weighted by Crippen LogP contribution is -2.53. The summed E-state index contributed by atoms with van der Waals surface area (Å²) in [5, 5.41) is 2.73. The van der Waals surface area contributed by atoms with Crippen LogP contribution < -0.4 is 5.32 Å². The molecule has 1 aromatic carbocycles. The number of sulfonamides is 1. The highest BCUT2D eigenvalue weighted by Crippen LogP contribution is 2.18. The van der Waals surface area contributed by atoms with Gasteiger partial charge in [-0.15, -0.1) is 0 Å². The molecule has 0 radical (unpaired) electrons. The van der Waals surface area contributed by atoms with E-state index < -0.39 is 10.0 Å². The third-order valence-electron chi connectivity index (χ3n) is 3.51. The molecule has 1 fully saturated rings. The van der Waals surface area contributed by atoms with Crippen LogP contribution in [0, 0.1) is 6.92 Å². The average Bonchev–Trinajstić information content (AvgIpc) is 2.48. The lowest BCUT2D eigenvalue weighted by molar-refractivity contribution is 0.173. The Kier molecular flexibility index (Phi) is 4.84. The highest BCUT2D eigenvalue weighted by Gasteiger charge is 2.29. The highest BCUT2D eigenvalue weighted by molar-refractivity contribution is 7.89. The predicted molar refractivity (Wildman–Crippen MR) is 80.6 cm³/mol. The number of carbonyl (C=O) groups excluding carboxylic acids is 1. The topological polar surface area (TPSA) is 69.7 Å². The molecular formula is C14H21N3O3S. The molecule has 0 atom stereocenters. The molecule has 0 bridgehead atoms. The molecule has 0 spiro atoms. The van der Waals surface area contributed by atoms with Crippen LogP contribution in [-0.2, 0) is 10.0 Å². The van der Waals surface area contributed by atoms with Crippen molar-refractivity contribution in [3.8, 4) is 0 Å². The van der Waals surface area contributed by atoms with Gasteiger partial charge in [0.15, 0.2) is 0 Å². The molecule has 1 aromatic rings. The second kappa shape index (κ2) is 6.44. The quantitative estimate of drug-likeness (QED) is 0.906. The van der Waals surface area contributed by atoms with Gasteiger partial charge < -0.3 is 10.2 Å². The van der Waals surface area contributed by atoms with Crippen LogP contribution in [0.1, 0.15) is 12.5 Å². The summed E-state index contributed by atoms with van der Waals surface area (Å²) in [7, 11) is -3.47. The van der Waals surface area contributed by atoms with E-state index in [1.165, 1.54) is 4.31 Å². The SMILES string of the molecule is CCNC(=O)N1CCN(S(=O)(=O)c2ccc(C)cc2)CC1. The first-order valence-corrected chi connectivity index (χ1v) is 8.48. The van der Waals surface area contributed by atoms with E-state index in [-0.39, 0.29) is 6.03 Å². The van der Waals surface area contributed by atoms with E-state index in [2.05, 4.69) is 5.32 Å². The molecule has 2 amide bonds. The summed E-state index contributed by atoms with van der Waals surface area (Å²) in [5.41, 5.74) is 1.02. The number of hydrogen-bond acceptors (Lipinski definition) is 3. The summed E-state index contributed by atoms with van der Waals surface area (Å²) < 4.78 is 26.5. The molecule has 1 saturated heterocycles. The van der Waals surface area contributed by atoms with Crippen LogP contribution in [0.3, 0.4) is 0 Å². The third kappa shape index (κ3) is 3.54. The fourth-order valence-electron chi connectivity index (χ4n) is 2.25. The summed E-state index contributed by atoms with van der Waals surface area (Å²) in [6, 6.07) is 6.70. The van der Waals surface area contributed by atoms with Gasteiger partial charge in [0.25, 0.3) is 0 Å². The monoisotopic (exact) mass is 311 g/mol. The number of benzene rings is 1. The molecule has 0 saturated carbocycles. The molecule has 1 aliphatic rings. The van der Waals surface area contributed by atoms with Gasteiger partial charge in [0.2, 0.25) is 10.0 Å². The zero-order valence-corrected chi connectivity index (χ0v) is 13.2. The molecule has 1 aliphatic heterocycles. The minimum Gasteiger partial charge on any atom is -0.338 e. The van der Waals surface area contributed by atoms with Crippen LogP contribution in [0.5, 0.6) is 0 Å². The Balaban J connectivity index is 2.04. The number of nitrogens with one attached hydrogen (secondary N) is 1. The maximum Gasteiger partial charge on any atom is 0.317 e. The average molecular weight is 311 g/mol. The molecule has 0 aromatic heterocycles. The van der Waals surface area contributed by atoms with Crippen LogP contribution >= 0.6 is 0 Å². The fraction of sp³-hybridized carbons (Fsp3) is 0.500. The predicted octanol–water partition coefficient (Wildman–Crippen LogP) is 1.03. The zero-order valence-electron chi connectivity index (χ0n) is 12.4. The van der Waals surface area contributed by atoms with E-state index in [4.69, 9.17) is 0 Å². The van der Waals surface area contributed by atoms with Gasteiger partial charge in [0.1, 0.15) is 0 Å². The Labute approximate surface area is 125 Å². The minimum atomic E-state index is -3.47. The number of carbonyl (C=O) groups is 1.